The second-order valence-electron chi connectivity index (χ2n) is 9.07. The molecule has 1 unspecified atom stereocenters. The summed E-state index contributed by atoms with van der Waals surface area (Å²) in [7, 11) is 0. The Kier molecular flexibility index (Phi) is 5.49. The van der Waals surface area contributed by atoms with Crippen molar-refractivity contribution in [3.63, 3.8) is 0 Å². The van der Waals surface area contributed by atoms with E-state index in [1.54, 1.807) is 19.9 Å². The van der Waals surface area contributed by atoms with Crippen molar-refractivity contribution in [2.45, 2.75) is 58.0 Å². The molecule has 0 N–H and O–H groups in total. The van der Waals surface area contributed by atoms with Crippen molar-refractivity contribution >= 4 is 23.7 Å². The first-order valence-electron chi connectivity index (χ1n) is 11.4. The molecule has 7 nitrogen and oxygen atoms in total. The van der Waals surface area contributed by atoms with E-state index in [0.717, 1.165) is 48.2 Å². The van der Waals surface area contributed by atoms with Crippen LogP contribution >= 0.6 is 0 Å². The molecular formula is C24H29FN4O3. The number of rotatable bonds is 3. The van der Waals surface area contributed by atoms with E-state index in [4.69, 9.17) is 9.84 Å². The van der Waals surface area contributed by atoms with Gasteiger partial charge < -0.3 is 19.3 Å². The first-order chi connectivity index (χ1) is 15.5. The molecule has 170 valence electrons. The molecule has 0 spiro atoms. The molecule has 8 heteroatoms. The molecule has 3 aliphatic heterocycles. The van der Waals surface area contributed by atoms with E-state index in [2.05, 4.69) is 9.58 Å². The first kappa shape index (κ1) is 21.1. The van der Waals surface area contributed by atoms with Crippen LogP contribution in [0.15, 0.2) is 12.1 Å². The molecule has 0 saturated carbocycles. The SMILES string of the molecule is CC(=O)N1CCc2c(c(N3CCC(C=O)c4cc(C)c(F)cc43)nn2C2CCOCC2)C1. The van der Waals surface area contributed by atoms with Gasteiger partial charge in [-0.15, -0.1) is 0 Å². The molecule has 5 rings (SSSR count). The van der Waals surface area contributed by atoms with Gasteiger partial charge in [-0.25, -0.2) is 4.39 Å². The number of benzene rings is 1. The Morgan fingerprint density at radius 2 is 2.00 bits per heavy atom. The smallest absolute Gasteiger partial charge is 0.219 e. The Balaban J connectivity index is 1.63. The molecule has 0 aliphatic carbocycles. The molecule has 1 fully saturated rings. The van der Waals surface area contributed by atoms with Crippen molar-refractivity contribution < 1.29 is 18.7 Å². The number of aromatic nitrogens is 2. The van der Waals surface area contributed by atoms with Crippen LogP contribution in [0.4, 0.5) is 15.9 Å². The Hall–Kier alpha value is -2.74. The number of carbonyl (C=O) groups is 2. The normalized spacial score (nSPS) is 21.3. The van der Waals surface area contributed by atoms with Gasteiger partial charge in [0, 0.05) is 62.5 Å². The molecule has 1 aromatic carbocycles. The summed E-state index contributed by atoms with van der Waals surface area (Å²) < 4.78 is 22.3. The number of ether oxygens (including phenoxy) is 1. The van der Waals surface area contributed by atoms with Crippen molar-refractivity contribution in [3.05, 3.63) is 40.3 Å². The second kappa shape index (κ2) is 8.31. The van der Waals surface area contributed by atoms with Gasteiger partial charge in [-0.05, 0) is 43.4 Å². The van der Waals surface area contributed by atoms with E-state index in [0.29, 0.717) is 50.5 Å². The van der Waals surface area contributed by atoms with Gasteiger partial charge in [0.1, 0.15) is 12.1 Å². The minimum atomic E-state index is -0.289. The minimum absolute atomic E-state index is 0.0437. The number of nitrogens with zero attached hydrogens (tertiary/aromatic N) is 4. The lowest BCUT2D eigenvalue weighted by atomic mass is 9.89. The summed E-state index contributed by atoms with van der Waals surface area (Å²) in [5.74, 6) is 0.291. The number of anilines is 2. The predicted molar refractivity (Wildman–Crippen MR) is 118 cm³/mol. The van der Waals surface area contributed by atoms with E-state index in [9.17, 15) is 14.0 Å². The van der Waals surface area contributed by atoms with Crippen LogP contribution in [0.5, 0.6) is 0 Å². The molecule has 2 aromatic rings. The van der Waals surface area contributed by atoms with E-state index < -0.39 is 0 Å². The largest absolute Gasteiger partial charge is 0.381 e. The van der Waals surface area contributed by atoms with Gasteiger partial charge in [0.25, 0.3) is 0 Å². The lowest BCUT2D eigenvalue weighted by Gasteiger charge is -2.34. The van der Waals surface area contributed by atoms with Gasteiger partial charge in [0.15, 0.2) is 5.82 Å². The second-order valence-corrected chi connectivity index (χ2v) is 9.07. The molecule has 0 bridgehead atoms. The monoisotopic (exact) mass is 440 g/mol. The van der Waals surface area contributed by atoms with Crippen LogP contribution in [0.25, 0.3) is 0 Å². The average Bonchev–Trinajstić information content (AvgIpc) is 3.18. The first-order valence-corrected chi connectivity index (χ1v) is 11.4. The van der Waals surface area contributed by atoms with Gasteiger partial charge in [0.05, 0.1) is 12.6 Å². The van der Waals surface area contributed by atoms with Gasteiger partial charge in [-0.3, -0.25) is 9.48 Å². The summed E-state index contributed by atoms with van der Waals surface area (Å²) in [5.41, 5.74) is 4.29. The van der Waals surface area contributed by atoms with Crippen molar-refractivity contribution in [1.82, 2.24) is 14.7 Å². The number of amides is 1. The molecule has 0 radical (unpaired) electrons. The summed E-state index contributed by atoms with van der Waals surface area (Å²) >= 11 is 0. The van der Waals surface area contributed by atoms with E-state index in [1.807, 2.05) is 4.90 Å². The summed E-state index contributed by atoms with van der Waals surface area (Å²) in [6.45, 7) is 6.50. The maximum Gasteiger partial charge on any atom is 0.219 e. The van der Waals surface area contributed by atoms with E-state index in [-0.39, 0.29) is 23.7 Å². The Bertz CT molecular complexity index is 1060. The third-order valence-corrected chi connectivity index (χ3v) is 7.13. The van der Waals surface area contributed by atoms with Gasteiger partial charge >= 0.3 is 0 Å². The Morgan fingerprint density at radius 1 is 1.22 bits per heavy atom. The minimum Gasteiger partial charge on any atom is -0.381 e. The molecular weight excluding hydrogens is 411 g/mol. The van der Waals surface area contributed by atoms with E-state index >= 15 is 0 Å². The molecule has 1 saturated heterocycles. The number of halogens is 1. The molecule has 1 atom stereocenters. The summed E-state index contributed by atoms with van der Waals surface area (Å²) in [5, 5.41) is 5.07. The number of aldehydes is 1. The number of fused-ring (bicyclic) bond motifs is 2. The fourth-order valence-corrected chi connectivity index (χ4v) is 5.28. The topological polar surface area (TPSA) is 67.7 Å². The molecule has 1 aromatic heterocycles. The highest BCUT2D eigenvalue weighted by Crippen LogP contribution is 2.43. The third kappa shape index (κ3) is 3.50. The van der Waals surface area contributed by atoms with Crippen LogP contribution in [-0.2, 0) is 27.3 Å². The maximum absolute atomic E-state index is 14.6. The number of hydrogen-bond acceptors (Lipinski definition) is 5. The van der Waals surface area contributed by atoms with Crippen molar-refractivity contribution in [2.75, 3.05) is 31.2 Å². The number of carbonyl (C=O) groups excluding carboxylic acids is 2. The molecule has 4 heterocycles. The fraction of sp³-hybridized carbons (Fsp3) is 0.542. The lowest BCUT2D eigenvalue weighted by Crippen LogP contribution is -2.36. The van der Waals surface area contributed by atoms with Crippen LogP contribution in [0, 0.1) is 12.7 Å². The van der Waals surface area contributed by atoms with Crippen LogP contribution in [-0.4, -0.2) is 53.2 Å². The number of aryl methyl sites for hydroxylation is 1. The third-order valence-electron chi connectivity index (χ3n) is 7.13. The zero-order chi connectivity index (χ0) is 22.4. The van der Waals surface area contributed by atoms with Crippen LogP contribution < -0.4 is 4.90 Å². The van der Waals surface area contributed by atoms with Gasteiger partial charge in [-0.1, -0.05) is 6.07 Å². The lowest BCUT2D eigenvalue weighted by molar-refractivity contribution is -0.129. The highest BCUT2D eigenvalue weighted by atomic mass is 19.1. The summed E-state index contributed by atoms with van der Waals surface area (Å²) in [4.78, 5) is 27.8. The van der Waals surface area contributed by atoms with Gasteiger partial charge in [0.2, 0.25) is 5.91 Å². The highest BCUT2D eigenvalue weighted by molar-refractivity contribution is 5.77. The summed E-state index contributed by atoms with van der Waals surface area (Å²) in [6, 6.07) is 3.59. The van der Waals surface area contributed by atoms with Crippen LogP contribution in [0.1, 0.15) is 60.5 Å². The predicted octanol–water partition coefficient (Wildman–Crippen LogP) is 3.41. The van der Waals surface area contributed by atoms with Gasteiger partial charge in [-0.2, -0.15) is 5.10 Å². The Labute approximate surface area is 187 Å². The standard InChI is InChI=1S/C24H29FN4O3/c1-15-11-19-17(14-30)3-8-28(23(19)12-21(15)25)24-20-13-27(16(2)31)7-4-22(20)29(26-24)18-5-9-32-10-6-18/h11-12,14,17-18H,3-10,13H2,1-2H3. The maximum atomic E-state index is 14.6. The zero-order valence-corrected chi connectivity index (χ0v) is 18.6. The van der Waals surface area contributed by atoms with Crippen molar-refractivity contribution in [1.29, 1.82) is 0 Å². The quantitative estimate of drug-likeness (QED) is 0.685. The summed E-state index contributed by atoms with van der Waals surface area (Å²) in [6.07, 6.45) is 4.17. The average molecular weight is 441 g/mol. The Morgan fingerprint density at radius 3 is 2.72 bits per heavy atom. The van der Waals surface area contributed by atoms with Crippen molar-refractivity contribution in [3.8, 4) is 0 Å². The van der Waals surface area contributed by atoms with E-state index in [1.165, 1.54) is 6.07 Å². The molecule has 32 heavy (non-hydrogen) atoms. The van der Waals surface area contributed by atoms with Crippen LogP contribution in [0.2, 0.25) is 0 Å². The van der Waals surface area contributed by atoms with Crippen molar-refractivity contribution in [2.24, 2.45) is 0 Å². The highest BCUT2D eigenvalue weighted by Gasteiger charge is 2.35. The number of hydrogen-bond donors (Lipinski definition) is 0. The fourth-order valence-electron chi connectivity index (χ4n) is 5.28. The molecule has 1 amide bonds. The zero-order valence-electron chi connectivity index (χ0n) is 18.6. The van der Waals surface area contributed by atoms with Crippen LogP contribution in [0.3, 0.4) is 0 Å². The molecule has 3 aliphatic rings.